The highest BCUT2D eigenvalue weighted by Crippen LogP contribution is 2.24. The molecular formula is C12H24N2O4S. The van der Waals surface area contributed by atoms with Crippen LogP contribution in [0.4, 0.5) is 0 Å². The molecule has 1 aliphatic heterocycles. The molecule has 1 rings (SSSR count). The molecule has 0 radical (unpaired) electrons. The van der Waals surface area contributed by atoms with Crippen LogP contribution in [0.3, 0.4) is 0 Å². The molecule has 112 valence electrons. The summed E-state index contributed by atoms with van der Waals surface area (Å²) in [5.74, 6) is -0.249. The van der Waals surface area contributed by atoms with Gasteiger partial charge in [-0.3, -0.25) is 4.79 Å². The highest BCUT2D eigenvalue weighted by Gasteiger charge is 2.34. The SMILES string of the molecule is COC1(C)CCCN(C(=O)C(N)CCS(C)(=O)=O)C1. The van der Waals surface area contributed by atoms with Gasteiger partial charge in [-0.25, -0.2) is 8.42 Å². The Balaban J connectivity index is 2.57. The van der Waals surface area contributed by atoms with Crippen LogP contribution in [0.15, 0.2) is 0 Å². The number of carbonyl (C=O) groups excluding carboxylic acids is 1. The van der Waals surface area contributed by atoms with Crippen LogP contribution in [0.25, 0.3) is 0 Å². The Kier molecular flexibility index (Phi) is 5.34. The molecule has 1 saturated heterocycles. The molecule has 0 saturated carbocycles. The third-order valence-corrected chi connectivity index (χ3v) is 4.56. The third-order valence-electron chi connectivity index (χ3n) is 3.58. The summed E-state index contributed by atoms with van der Waals surface area (Å²) in [5, 5.41) is 0. The first kappa shape index (κ1) is 16.4. The van der Waals surface area contributed by atoms with Crippen molar-refractivity contribution in [1.82, 2.24) is 4.90 Å². The fourth-order valence-electron chi connectivity index (χ4n) is 2.26. The second kappa shape index (κ2) is 6.19. The van der Waals surface area contributed by atoms with E-state index < -0.39 is 15.9 Å². The van der Waals surface area contributed by atoms with Crippen molar-refractivity contribution in [3.8, 4) is 0 Å². The standard InChI is InChI=1S/C12H24N2O4S/c1-12(18-2)6-4-7-14(9-12)11(15)10(13)5-8-19(3,16)17/h10H,4-9,13H2,1-3H3. The minimum absolute atomic E-state index is 0.0602. The molecule has 2 N–H and O–H groups in total. The van der Waals surface area contributed by atoms with Crippen LogP contribution < -0.4 is 5.73 Å². The number of likely N-dealkylation sites (tertiary alicyclic amines) is 1. The quantitative estimate of drug-likeness (QED) is 0.756. The first-order valence-corrected chi connectivity index (χ1v) is 8.50. The van der Waals surface area contributed by atoms with Gasteiger partial charge in [0.1, 0.15) is 9.84 Å². The molecule has 0 aromatic heterocycles. The average Bonchev–Trinajstić information content (AvgIpc) is 2.34. The maximum atomic E-state index is 12.2. The summed E-state index contributed by atoms with van der Waals surface area (Å²) < 4.78 is 27.6. The summed E-state index contributed by atoms with van der Waals surface area (Å²) in [6.07, 6.45) is 3.09. The Hall–Kier alpha value is -0.660. The van der Waals surface area contributed by atoms with Gasteiger partial charge in [0.25, 0.3) is 0 Å². The topological polar surface area (TPSA) is 89.7 Å². The van der Waals surface area contributed by atoms with Gasteiger partial charge in [-0.2, -0.15) is 0 Å². The van der Waals surface area contributed by atoms with Crippen LogP contribution in [-0.4, -0.2) is 63.1 Å². The molecule has 0 aromatic carbocycles. The van der Waals surface area contributed by atoms with E-state index in [1.807, 2.05) is 6.92 Å². The molecule has 1 fully saturated rings. The second-order valence-electron chi connectivity index (χ2n) is 5.54. The minimum atomic E-state index is -3.09. The number of piperidine rings is 1. The lowest BCUT2D eigenvalue weighted by atomic mass is 9.94. The van der Waals surface area contributed by atoms with E-state index in [1.54, 1.807) is 12.0 Å². The Labute approximate surface area is 115 Å². The minimum Gasteiger partial charge on any atom is -0.377 e. The second-order valence-corrected chi connectivity index (χ2v) is 7.80. The number of hydrogen-bond donors (Lipinski definition) is 1. The van der Waals surface area contributed by atoms with Crippen LogP contribution in [0, 0.1) is 0 Å². The summed E-state index contributed by atoms with van der Waals surface area (Å²) in [6.45, 7) is 3.13. The van der Waals surface area contributed by atoms with Crippen LogP contribution >= 0.6 is 0 Å². The summed E-state index contributed by atoms with van der Waals surface area (Å²) in [4.78, 5) is 13.8. The Morgan fingerprint density at radius 3 is 2.68 bits per heavy atom. The number of ether oxygens (including phenoxy) is 1. The van der Waals surface area contributed by atoms with Gasteiger partial charge < -0.3 is 15.4 Å². The molecular weight excluding hydrogens is 268 g/mol. The van der Waals surface area contributed by atoms with Crippen LogP contribution in [0.2, 0.25) is 0 Å². The van der Waals surface area contributed by atoms with Crippen molar-refractivity contribution in [2.75, 3.05) is 32.2 Å². The Morgan fingerprint density at radius 2 is 2.16 bits per heavy atom. The number of hydrogen-bond acceptors (Lipinski definition) is 5. The molecule has 2 atom stereocenters. The van der Waals surface area contributed by atoms with Gasteiger partial charge in [-0.05, 0) is 26.2 Å². The molecule has 7 heteroatoms. The van der Waals surface area contributed by atoms with Gasteiger partial charge in [-0.15, -0.1) is 0 Å². The lowest BCUT2D eigenvalue weighted by Crippen LogP contribution is -2.54. The zero-order valence-electron chi connectivity index (χ0n) is 11.9. The lowest BCUT2D eigenvalue weighted by Gasteiger charge is -2.40. The van der Waals surface area contributed by atoms with Crippen molar-refractivity contribution in [1.29, 1.82) is 0 Å². The van der Waals surface area contributed by atoms with Crippen molar-refractivity contribution in [3.63, 3.8) is 0 Å². The smallest absolute Gasteiger partial charge is 0.239 e. The van der Waals surface area contributed by atoms with Gasteiger partial charge in [0.15, 0.2) is 0 Å². The number of methoxy groups -OCH3 is 1. The predicted octanol–water partition coefficient (Wildman–Crippen LogP) is -0.224. The van der Waals surface area contributed by atoms with E-state index in [9.17, 15) is 13.2 Å². The van der Waals surface area contributed by atoms with E-state index in [0.29, 0.717) is 13.1 Å². The third kappa shape index (κ3) is 5.08. The van der Waals surface area contributed by atoms with Crippen molar-refractivity contribution >= 4 is 15.7 Å². The van der Waals surface area contributed by atoms with Crippen LogP contribution in [0.5, 0.6) is 0 Å². The highest BCUT2D eigenvalue weighted by atomic mass is 32.2. The van der Waals surface area contributed by atoms with E-state index in [4.69, 9.17) is 10.5 Å². The number of nitrogens with two attached hydrogens (primary N) is 1. The van der Waals surface area contributed by atoms with Crippen molar-refractivity contribution in [2.45, 2.75) is 37.8 Å². The highest BCUT2D eigenvalue weighted by molar-refractivity contribution is 7.90. The molecule has 0 aliphatic carbocycles. The molecule has 1 aliphatic rings. The average molecular weight is 292 g/mol. The van der Waals surface area contributed by atoms with E-state index in [-0.39, 0.29) is 23.7 Å². The molecule has 1 amide bonds. The normalized spacial score (nSPS) is 26.2. The molecule has 0 bridgehead atoms. The Bertz CT molecular complexity index is 423. The zero-order chi connectivity index (χ0) is 14.7. The molecule has 0 aromatic rings. The number of amides is 1. The number of carbonyl (C=O) groups is 1. The first-order chi connectivity index (χ1) is 8.67. The summed E-state index contributed by atoms with van der Waals surface area (Å²) in [6, 6.07) is -0.756. The fourth-order valence-corrected chi connectivity index (χ4v) is 2.94. The summed E-state index contributed by atoms with van der Waals surface area (Å²) in [7, 11) is -1.45. The van der Waals surface area contributed by atoms with Gasteiger partial charge >= 0.3 is 0 Å². The van der Waals surface area contributed by atoms with Gasteiger partial charge in [0.2, 0.25) is 5.91 Å². The molecule has 6 nitrogen and oxygen atoms in total. The van der Waals surface area contributed by atoms with Crippen molar-refractivity contribution in [2.24, 2.45) is 5.73 Å². The monoisotopic (exact) mass is 292 g/mol. The van der Waals surface area contributed by atoms with Gasteiger partial charge in [0, 0.05) is 26.5 Å². The number of rotatable bonds is 5. The molecule has 2 unspecified atom stereocenters. The molecule has 0 spiro atoms. The maximum Gasteiger partial charge on any atom is 0.239 e. The largest absolute Gasteiger partial charge is 0.377 e. The molecule has 19 heavy (non-hydrogen) atoms. The summed E-state index contributed by atoms with van der Waals surface area (Å²) in [5.41, 5.74) is 5.46. The zero-order valence-corrected chi connectivity index (χ0v) is 12.7. The van der Waals surface area contributed by atoms with Crippen molar-refractivity contribution in [3.05, 3.63) is 0 Å². The maximum absolute atomic E-state index is 12.2. The van der Waals surface area contributed by atoms with Crippen molar-refractivity contribution < 1.29 is 17.9 Å². The van der Waals surface area contributed by atoms with Gasteiger partial charge in [-0.1, -0.05) is 0 Å². The van der Waals surface area contributed by atoms with E-state index in [0.717, 1.165) is 19.1 Å². The summed E-state index contributed by atoms with van der Waals surface area (Å²) >= 11 is 0. The lowest BCUT2D eigenvalue weighted by molar-refractivity contribution is -0.140. The number of nitrogens with zero attached hydrogens (tertiary/aromatic N) is 1. The van der Waals surface area contributed by atoms with E-state index >= 15 is 0 Å². The number of sulfone groups is 1. The Morgan fingerprint density at radius 1 is 1.53 bits per heavy atom. The van der Waals surface area contributed by atoms with E-state index in [1.165, 1.54) is 0 Å². The van der Waals surface area contributed by atoms with E-state index in [2.05, 4.69) is 0 Å². The van der Waals surface area contributed by atoms with Crippen LogP contribution in [-0.2, 0) is 19.4 Å². The van der Waals surface area contributed by atoms with Crippen LogP contribution in [0.1, 0.15) is 26.2 Å². The predicted molar refractivity (Wildman–Crippen MR) is 73.5 cm³/mol. The van der Waals surface area contributed by atoms with Gasteiger partial charge in [0.05, 0.1) is 17.4 Å². The fraction of sp³-hybridized carbons (Fsp3) is 0.917. The first-order valence-electron chi connectivity index (χ1n) is 6.44. The molecule has 1 heterocycles.